The number of aromatic nitrogens is 2. The zero-order valence-electron chi connectivity index (χ0n) is 19.3. The maximum atomic E-state index is 13.2. The highest BCUT2D eigenvalue weighted by Gasteiger charge is 2.21. The minimum atomic E-state index is -0.570. The highest BCUT2D eigenvalue weighted by molar-refractivity contribution is 9.11. The van der Waals surface area contributed by atoms with Gasteiger partial charge in [0.15, 0.2) is 0 Å². The fourth-order valence-electron chi connectivity index (χ4n) is 3.56. The summed E-state index contributed by atoms with van der Waals surface area (Å²) < 4.78 is 9.37. The van der Waals surface area contributed by atoms with Gasteiger partial charge in [-0.05, 0) is 42.8 Å². The zero-order valence-corrected chi connectivity index (χ0v) is 24.8. The van der Waals surface area contributed by atoms with Gasteiger partial charge in [0.05, 0.1) is 27.1 Å². The molecule has 1 aromatic heterocycles. The van der Waals surface area contributed by atoms with E-state index in [4.69, 9.17) is 16.3 Å². The second-order valence-electron chi connectivity index (χ2n) is 7.93. The first-order valence-electron chi connectivity index (χ1n) is 11.0. The van der Waals surface area contributed by atoms with Crippen molar-refractivity contribution in [2.75, 3.05) is 0 Å². The second-order valence-corrected chi connectivity index (χ2v) is 11.0. The molecule has 0 amide bonds. The molecule has 4 rings (SSSR count). The minimum absolute atomic E-state index is 0.0468. The minimum Gasteiger partial charge on any atom is -0.481 e. The molecule has 0 aliphatic rings. The van der Waals surface area contributed by atoms with Gasteiger partial charge in [0.25, 0.3) is 5.56 Å². The molecule has 0 fully saturated rings. The van der Waals surface area contributed by atoms with Crippen molar-refractivity contribution >= 4 is 82.2 Å². The van der Waals surface area contributed by atoms with E-state index < -0.39 is 4.92 Å². The van der Waals surface area contributed by atoms with Crippen molar-refractivity contribution in [1.82, 2.24) is 9.66 Å². The van der Waals surface area contributed by atoms with Crippen LogP contribution >= 0.6 is 59.4 Å². The largest absolute Gasteiger partial charge is 0.481 e. The number of hydrogen-bond acceptors (Lipinski definition) is 6. The second kappa shape index (κ2) is 11.8. The Labute approximate surface area is 241 Å². The lowest BCUT2D eigenvalue weighted by Crippen LogP contribution is -2.22. The Morgan fingerprint density at radius 1 is 1.14 bits per heavy atom. The lowest BCUT2D eigenvalue weighted by atomic mass is 10.2. The van der Waals surface area contributed by atoms with E-state index in [1.165, 1.54) is 23.0 Å². The molecule has 8 nitrogen and oxygen atoms in total. The number of hydrogen-bond donors (Lipinski definition) is 0. The van der Waals surface area contributed by atoms with E-state index in [9.17, 15) is 14.9 Å². The summed E-state index contributed by atoms with van der Waals surface area (Å²) in [5.74, 6) is 0.430. The molecule has 12 heteroatoms. The van der Waals surface area contributed by atoms with Gasteiger partial charge in [-0.2, -0.15) is 9.78 Å². The van der Waals surface area contributed by atoms with Crippen molar-refractivity contribution in [2.24, 2.45) is 5.10 Å². The predicted octanol–water partition coefficient (Wildman–Crippen LogP) is 7.66. The Morgan fingerprint density at radius 3 is 2.57 bits per heavy atom. The van der Waals surface area contributed by atoms with Gasteiger partial charge in [0.2, 0.25) is 5.75 Å². The molecule has 0 aliphatic carbocycles. The molecular formula is C25H18Br3ClN4O4. The number of nitro benzene ring substituents is 1. The summed E-state index contributed by atoms with van der Waals surface area (Å²) in [4.78, 5) is 29.0. The summed E-state index contributed by atoms with van der Waals surface area (Å²) >= 11 is 16.6. The lowest BCUT2D eigenvalue weighted by molar-refractivity contribution is -0.385. The van der Waals surface area contributed by atoms with Crippen LogP contribution in [0.4, 0.5) is 5.69 Å². The van der Waals surface area contributed by atoms with E-state index in [-0.39, 0.29) is 28.6 Å². The number of ether oxygens (including phenoxy) is 1. The fourth-order valence-corrected chi connectivity index (χ4v) is 5.36. The first-order chi connectivity index (χ1) is 17.7. The molecular weight excluding hydrogens is 695 g/mol. The summed E-state index contributed by atoms with van der Waals surface area (Å²) in [6.45, 7) is 2.04. The van der Waals surface area contributed by atoms with Gasteiger partial charge < -0.3 is 4.74 Å². The maximum absolute atomic E-state index is 13.2. The van der Waals surface area contributed by atoms with Gasteiger partial charge >= 0.3 is 5.69 Å². The number of aryl methyl sites for hydroxylation is 1. The molecule has 37 heavy (non-hydrogen) atoms. The van der Waals surface area contributed by atoms with Gasteiger partial charge in [0, 0.05) is 37.0 Å². The Morgan fingerprint density at radius 2 is 1.86 bits per heavy atom. The Hall–Kier alpha value is -2.60. The van der Waals surface area contributed by atoms with E-state index in [0.717, 1.165) is 25.4 Å². The molecule has 1 heterocycles. The molecule has 0 aliphatic heterocycles. The molecule has 0 atom stereocenters. The molecule has 190 valence electrons. The molecule has 4 aromatic rings. The summed E-state index contributed by atoms with van der Waals surface area (Å²) in [5.41, 5.74) is 1.03. The number of benzene rings is 3. The lowest BCUT2D eigenvalue weighted by Gasteiger charge is -2.11. The van der Waals surface area contributed by atoms with Crippen molar-refractivity contribution in [1.29, 1.82) is 0 Å². The van der Waals surface area contributed by atoms with Crippen LogP contribution in [-0.4, -0.2) is 20.8 Å². The highest BCUT2D eigenvalue weighted by Crippen LogP contribution is 2.37. The van der Waals surface area contributed by atoms with Crippen LogP contribution in [0, 0.1) is 10.1 Å². The number of nitro groups is 1. The molecule has 3 aromatic carbocycles. The molecule has 0 N–H and O–H groups in total. The SMILES string of the molecule is CCCc1nc2ccc(Br)cc2c(=O)n1N=Cc1cc(Cl)c(OCc2ccc(Br)cc2Br)c([N+](=O)[O-])c1. The number of halogens is 4. The quantitative estimate of drug-likeness (QED) is 0.106. The van der Waals surface area contributed by atoms with Crippen molar-refractivity contribution in [2.45, 2.75) is 26.4 Å². The van der Waals surface area contributed by atoms with E-state index in [1.807, 2.05) is 31.2 Å². The number of nitrogens with zero attached hydrogens (tertiary/aromatic N) is 4. The molecule has 0 spiro atoms. The van der Waals surface area contributed by atoms with Gasteiger partial charge in [-0.3, -0.25) is 14.9 Å². The van der Waals surface area contributed by atoms with Crippen LogP contribution in [-0.2, 0) is 13.0 Å². The van der Waals surface area contributed by atoms with E-state index in [2.05, 4.69) is 57.9 Å². The van der Waals surface area contributed by atoms with Crippen molar-refractivity contribution in [3.8, 4) is 5.75 Å². The van der Waals surface area contributed by atoms with Crippen LogP contribution in [0.2, 0.25) is 5.02 Å². The van der Waals surface area contributed by atoms with Crippen molar-refractivity contribution in [3.63, 3.8) is 0 Å². The summed E-state index contributed by atoms with van der Waals surface area (Å²) in [7, 11) is 0. The zero-order chi connectivity index (χ0) is 26.7. The first kappa shape index (κ1) is 27.4. The van der Waals surface area contributed by atoms with Gasteiger partial charge in [0.1, 0.15) is 12.4 Å². The Balaban J connectivity index is 1.71. The fraction of sp³-hybridized carbons (Fsp3) is 0.160. The van der Waals surface area contributed by atoms with Crippen LogP contribution in [0.1, 0.15) is 30.3 Å². The topological polar surface area (TPSA) is 99.6 Å². The molecule has 0 unspecified atom stereocenters. The third-order valence-electron chi connectivity index (χ3n) is 5.30. The van der Waals surface area contributed by atoms with Crippen LogP contribution in [0.25, 0.3) is 10.9 Å². The van der Waals surface area contributed by atoms with E-state index in [0.29, 0.717) is 28.7 Å². The average molecular weight is 714 g/mol. The average Bonchev–Trinajstić information content (AvgIpc) is 2.84. The molecule has 0 radical (unpaired) electrons. The van der Waals surface area contributed by atoms with Gasteiger partial charge in [-0.15, -0.1) is 0 Å². The normalized spacial score (nSPS) is 11.4. The van der Waals surface area contributed by atoms with Gasteiger partial charge in [-0.25, -0.2) is 4.98 Å². The number of rotatable bonds is 8. The van der Waals surface area contributed by atoms with Crippen LogP contribution in [0.3, 0.4) is 0 Å². The first-order valence-corrected chi connectivity index (χ1v) is 13.7. The molecule has 0 saturated heterocycles. The third-order valence-corrected chi connectivity index (χ3v) is 7.31. The smallest absolute Gasteiger partial charge is 0.313 e. The van der Waals surface area contributed by atoms with Crippen molar-refractivity contribution in [3.05, 3.63) is 104 Å². The number of fused-ring (bicyclic) bond motifs is 1. The highest BCUT2D eigenvalue weighted by atomic mass is 79.9. The molecule has 0 bridgehead atoms. The monoisotopic (exact) mass is 710 g/mol. The van der Waals surface area contributed by atoms with E-state index in [1.54, 1.807) is 12.1 Å². The van der Waals surface area contributed by atoms with Crippen LogP contribution in [0.15, 0.2) is 71.8 Å². The Kier molecular flexibility index (Phi) is 8.79. The summed E-state index contributed by atoms with van der Waals surface area (Å²) in [6, 6.07) is 13.6. The Bertz CT molecular complexity index is 1610. The standard InChI is InChI=1S/C25H18Br3ClN4O4/c1-2-3-23-31-21-7-6-16(26)10-18(21)25(34)32(23)30-12-14-8-20(29)24(22(9-14)33(35)36)37-13-15-4-5-17(27)11-19(15)28/h4-12H,2-3,13H2,1H3. The van der Waals surface area contributed by atoms with Gasteiger partial charge in [-0.1, -0.05) is 72.4 Å². The molecule has 0 saturated carbocycles. The summed E-state index contributed by atoms with van der Waals surface area (Å²) in [6.07, 6.45) is 2.62. The van der Waals surface area contributed by atoms with E-state index >= 15 is 0 Å². The third kappa shape index (κ3) is 6.28. The maximum Gasteiger partial charge on any atom is 0.313 e. The summed E-state index contributed by atoms with van der Waals surface area (Å²) in [5, 5.41) is 16.6. The van der Waals surface area contributed by atoms with Crippen LogP contribution in [0.5, 0.6) is 5.75 Å². The van der Waals surface area contributed by atoms with Crippen molar-refractivity contribution < 1.29 is 9.66 Å². The van der Waals surface area contributed by atoms with Crippen LogP contribution < -0.4 is 10.3 Å². The predicted molar refractivity (Wildman–Crippen MR) is 155 cm³/mol.